The molecule has 1 aromatic carbocycles. The first-order chi connectivity index (χ1) is 12.1. The van der Waals surface area contributed by atoms with E-state index in [9.17, 15) is 4.79 Å². The molecule has 0 aliphatic rings. The van der Waals surface area contributed by atoms with Crippen LogP contribution in [-0.2, 0) is 0 Å². The van der Waals surface area contributed by atoms with E-state index in [4.69, 9.17) is 9.47 Å². The van der Waals surface area contributed by atoms with Crippen molar-refractivity contribution >= 4 is 17.4 Å². The fourth-order valence-corrected chi connectivity index (χ4v) is 2.37. The van der Waals surface area contributed by atoms with Crippen LogP contribution in [0.1, 0.15) is 30.1 Å². The lowest BCUT2D eigenvalue weighted by Gasteiger charge is -2.17. The molecule has 0 radical (unpaired) electrons. The number of amides is 1. The molecule has 1 heterocycles. The van der Waals surface area contributed by atoms with Gasteiger partial charge in [0.25, 0.3) is 5.91 Å². The summed E-state index contributed by atoms with van der Waals surface area (Å²) in [6, 6.07) is 8.87. The summed E-state index contributed by atoms with van der Waals surface area (Å²) in [6.45, 7) is 3.10. The molecule has 1 amide bonds. The summed E-state index contributed by atoms with van der Waals surface area (Å²) in [4.78, 5) is 18.8. The van der Waals surface area contributed by atoms with Gasteiger partial charge < -0.3 is 19.7 Å². The van der Waals surface area contributed by atoms with E-state index in [0.29, 0.717) is 22.7 Å². The van der Waals surface area contributed by atoms with Crippen molar-refractivity contribution in [3.05, 3.63) is 42.1 Å². The van der Waals surface area contributed by atoms with E-state index in [1.54, 1.807) is 44.7 Å². The largest absolute Gasteiger partial charge is 0.493 e. The number of carbonyl (C=O) groups excluding carboxylic acids is 1. The minimum atomic E-state index is -0.220. The number of benzene rings is 1. The zero-order valence-corrected chi connectivity index (χ0v) is 15.2. The highest BCUT2D eigenvalue weighted by Gasteiger charge is 2.10. The van der Waals surface area contributed by atoms with Gasteiger partial charge in [0.1, 0.15) is 5.82 Å². The highest BCUT2D eigenvalue weighted by atomic mass is 16.5. The molecule has 0 bridgehead atoms. The lowest BCUT2D eigenvalue weighted by molar-refractivity contribution is 0.102. The topological polar surface area (TPSA) is 63.7 Å². The molecule has 6 nitrogen and oxygen atoms in total. The smallest absolute Gasteiger partial charge is 0.257 e. The predicted molar refractivity (Wildman–Crippen MR) is 99.9 cm³/mol. The monoisotopic (exact) mass is 343 g/mol. The molecule has 0 aliphatic heterocycles. The van der Waals surface area contributed by atoms with Crippen LogP contribution >= 0.6 is 0 Å². The zero-order valence-electron chi connectivity index (χ0n) is 15.2. The number of unbranched alkanes of at least 4 members (excludes halogenated alkanes) is 1. The normalized spacial score (nSPS) is 10.2. The Morgan fingerprint density at radius 3 is 2.52 bits per heavy atom. The minimum absolute atomic E-state index is 0.220. The predicted octanol–water partition coefficient (Wildman–Crippen LogP) is 3.59. The Kier molecular flexibility index (Phi) is 6.62. The average molecular weight is 343 g/mol. The highest BCUT2D eigenvalue weighted by molar-refractivity contribution is 6.04. The molecule has 25 heavy (non-hydrogen) atoms. The Morgan fingerprint density at radius 2 is 1.92 bits per heavy atom. The van der Waals surface area contributed by atoms with Gasteiger partial charge in [0.15, 0.2) is 11.5 Å². The Hall–Kier alpha value is -2.76. The van der Waals surface area contributed by atoms with Gasteiger partial charge >= 0.3 is 0 Å². The number of nitrogens with one attached hydrogen (secondary N) is 1. The third kappa shape index (κ3) is 4.86. The van der Waals surface area contributed by atoms with Crippen molar-refractivity contribution < 1.29 is 14.3 Å². The molecule has 6 heteroatoms. The first-order valence-corrected chi connectivity index (χ1v) is 8.29. The maximum Gasteiger partial charge on any atom is 0.257 e. The van der Waals surface area contributed by atoms with Gasteiger partial charge in [-0.15, -0.1) is 0 Å². The molecule has 0 spiro atoms. The van der Waals surface area contributed by atoms with Gasteiger partial charge in [0, 0.05) is 31.5 Å². The molecule has 0 saturated carbocycles. The van der Waals surface area contributed by atoms with Crippen LogP contribution in [0.4, 0.5) is 11.5 Å². The van der Waals surface area contributed by atoms with Crippen molar-refractivity contribution in [1.29, 1.82) is 0 Å². The number of ether oxygens (including phenoxy) is 2. The van der Waals surface area contributed by atoms with E-state index < -0.39 is 0 Å². The minimum Gasteiger partial charge on any atom is -0.493 e. The van der Waals surface area contributed by atoms with Crippen LogP contribution in [0, 0.1) is 0 Å². The lowest BCUT2D eigenvalue weighted by Crippen LogP contribution is -2.20. The number of rotatable bonds is 8. The second-order valence-corrected chi connectivity index (χ2v) is 5.70. The summed E-state index contributed by atoms with van der Waals surface area (Å²) >= 11 is 0. The van der Waals surface area contributed by atoms with E-state index in [2.05, 4.69) is 22.1 Å². The summed E-state index contributed by atoms with van der Waals surface area (Å²) in [7, 11) is 5.13. The van der Waals surface area contributed by atoms with Crippen LogP contribution in [0.3, 0.4) is 0 Å². The Bertz CT molecular complexity index is 702. The van der Waals surface area contributed by atoms with Crippen molar-refractivity contribution in [1.82, 2.24) is 4.98 Å². The first-order valence-electron chi connectivity index (χ1n) is 8.29. The van der Waals surface area contributed by atoms with E-state index in [1.807, 2.05) is 13.1 Å². The van der Waals surface area contributed by atoms with Crippen LogP contribution in [0.15, 0.2) is 36.5 Å². The molecule has 0 saturated heterocycles. The Labute approximate surface area is 148 Å². The quantitative estimate of drug-likeness (QED) is 0.793. The number of pyridine rings is 1. The van der Waals surface area contributed by atoms with Gasteiger partial charge in [-0.05, 0) is 30.7 Å². The van der Waals surface area contributed by atoms with Crippen LogP contribution in [0.2, 0.25) is 0 Å². The third-order valence-electron chi connectivity index (χ3n) is 3.89. The maximum absolute atomic E-state index is 12.4. The number of methoxy groups -OCH3 is 2. The van der Waals surface area contributed by atoms with Crippen molar-refractivity contribution in [3.8, 4) is 11.5 Å². The van der Waals surface area contributed by atoms with Gasteiger partial charge in [-0.3, -0.25) is 4.79 Å². The second-order valence-electron chi connectivity index (χ2n) is 5.70. The lowest BCUT2D eigenvalue weighted by atomic mass is 10.2. The Balaban J connectivity index is 2.06. The molecule has 2 rings (SSSR count). The van der Waals surface area contributed by atoms with Crippen LogP contribution in [0.5, 0.6) is 11.5 Å². The zero-order chi connectivity index (χ0) is 18.2. The molecule has 0 aliphatic carbocycles. The number of hydrogen-bond acceptors (Lipinski definition) is 5. The standard InChI is InChI=1S/C19H25N3O3/c1-5-6-11-22(2)18-10-7-14(13-20-18)19(23)21-15-8-9-16(24-3)17(12-15)25-4/h7-10,12-13H,5-6,11H2,1-4H3,(H,21,23). The molecule has 0 atom stereocenters. The molecule has 1 aromatic heterocycles. The number of nitrogens with zero attached hydrogens (tertiary/aromatic N) is 2. The highest BCUT2D eigenvalue weighted by Crippen LogP contribution is 2.29. The number of anilines is 2. The van der Waals surface area contributed by atoms with Gasteiger partial charge in [0.2, 0.25) is 0 Å². The van der Waals surface area contributed by atoms with E-state index in [1.165, 1.54) is 0 Å². The summed E-state index contributed by atoms with van der Waals surface area (Å²) in [6.07, 6.45) is 3.84. The van der Waals surface area contributed by atoms with E-state index in [-0.39, 0.29) is 5.91 Å². The third-order valence-corrected chi connectivity index (χ3v) is 3.89. The van der Waals surface area contributed by atoms with E-state index >= 15 is 0 Å². The molecule has 1 N–H and O–H groups in total. The van der Waals surface area contributed by atoms with Gasteiger partial charge in [-0.25, -0.2) is 4.98 Å². The molecular weight excluding hydrogens is 318 g/mol. The van der Waals surface area contributed by atoms with Crippen molar-refractivity contribution in [2.24, 2.45) is 0 Å². The molecule has 0 unspecified atom stereocenters. The van der Waals surface area contributed by atoms with Crippen LogP contribution in [0.25, 0.3) is 0 Å². The SMILES string of the molecule is CCCCN(C)c1ccc(C(=O)Nc2ccc(OC)c(OC)c2)cn1. The summed E-state index contributed by atoms with van der Waals surface area (Å²) < 4.78 is 10.4. The average Bonchev–Trinajstić information content (AvgIpc) is 2.66. The fraction of sp³-hybridized carbons (Fsp3) is 0.368. The molecular formula is C19H25N3O3. The van der Waals surface area contributed by atoms with Gasteiger partial charge in [0.05, 0.1) is 19.8 Å². The molecule has 0 fully saturated rings. The Morgan fingerprint density at radius 1 is 1.16 bits per heavy atom. The molecule has 134 valence electrons. The van der Waals surface area contributed by atoms with Crippen molar-refractivity contribution in [3.63, 3.8) is 0 Å². The fourth-order valence-electron chi connectivity index (χ4n) is 2.37. The van der Waals surface area contributed by atoms with Gasteiger partial charge in [-0.2, -0.15) is 0 Å². The number of hydrogen-bond donors (Lipinski definition) is 1. The summed E-state index contributed by atoms with van der Waals surface area (Å²) in [5, 5.41) is 2.84. The first kappa shape index (κ1) is 18.6. The summed E-state index contributed by atoms with van der Waals surface area (Å²) in [5.74, 6) is 1.81. The summed E-state index contributed by atoms with van der Waals surface area (Å²) in [5.41, 5.74) is 1.13. The number of aromatic nitrogens is 1. The maximum atomic E-state index is 12.4. The van der Waals surface area contributed by atoms with Crippen molar-refractivity contribution in [2.45, 2.75) is 19.8 Å². The van der Waals surface area contributed by atoms with Gasteiger partial charge in [-0.1, -0.05) is 13.3 Å². The molecule has 2 aromatic rings. The second kappa shape index (κ2) is 8.92. The van der Waals surface area contributed by atoms with Crippen LogP contribution in [-0.4, -0.2) is 38.7 Å². The van der Waals surface area contributed by atoms with Crippen LogP contribution < -0.4 is 19.7 Å². The van der Waals surface area contributed by atoms with E-state index in [0.717, 1.165) is 25.2 Å². The van der Waals surface area contributed by atoms with Crippen molar-refractivity contribution in [2.75, 3.05) is 38.0 Å². The number of carbonyl (C=O) groups is 1.